The van der Waals surface area contributed by atoms with E-state index in [0.717, 1.165) is 24.0 Å². The number of carboxylic acids is 1. The Hall–Kier alpha value is -3.82. The number of fused-ring (bicyclic) bond motifs is 4. The summed E-state index contributed by atoms with van der Waals surface area (Å²) in [5.74, 6) is -0.599. The van der Waals surface area contributed by atoms with Gasteiger partial charge in [-0.1, -0.05) is 19.9 Å². The Balaban J connectivity index is 1.30. The van der Waals surface area contributed by atoms with Crippen molar-refractivity contribution in [2.45, 2.75) is 51.0 Å². The zero-order valence-electron chi connectivity index (χ0n) is 21.4. The van der Waals surface area contributed by atoms with Crippen LogP contribution >= 0.6 is 0 Å². The van der Waals surface area contributed by atoms with Gasteiger partial charge in [-0.25, -0.2) is 9.18 Å². The Morgan fingerprint density at radius 1 is 1.16 bits per heavy atom. The van der Waals surface area contributed by atoms with Crippen molar-refractivity contribution >= 4 is 23.6 Å². The number of rotatable bonds is 4. The molecule has 2 aromatic carbocycles. The summed E-state index contributed by atoms with van der Waals surface area (Å²) >= 11 is 0. The standard InChI is InChI=1S/C28H30FN3O6/c1-28(2)7-5-16-10-17(11-20(29)23(16)28)30-26(35)24-18-3-4-21-25(38-14-37-21)19(18)6-8-32(24)27(36)31-12-15(13-31)9-22(33)34/h3-4,10-11,15,24H,5-9,12-14H2,1-2H3,(H,30,35)(H,33,34). The van der Waals surface area contributed by atoms with Gasteiger partial charge in [-0.05, 0) is 59.6 Å². The van der Waals surface area contributed by atoms with E-state index in [9.17, 15) is 14.4 Å². The third-order valence-corrected chi connectivity index (χ3v) is 8.21. The molecule has 1 atom stereocenters. The lowest BCUT2D eigenvalue weighted by molar-refractivity contribution is -0.139. The van der Waals surface area contributed by atoms with E-state index in [4.69, 9.17) is 14.6 Å². The Kier molecular flexibility index (Phi) is 5.73. The minimum atomic E-state index is -0.966. The quantitative estimate of drug-likeness (QED) is 0.631. The molecule has 2 aromatic rings. The maximum Gasteiger partial charge on any atom is 0.320 e. The maximum atomic E-state index is 15.1. The molecule has 10 heteroatoms. The van der Waals surface area contributed by atoms with E-state index in [1.807, 2.05) is 19.9 Å². The van der Waals surface area contributed by atoms with Gasteiger partial charge in [0.2, 0.25) is 6.79 Å². The molecule has 6 rings (SSSR count). The molecule has 1 fully saturated rings. The smallest absolute Gasteiger partial charge is 0.320 e. The van der Waals surface area contributed by atoms with Crippen LogP contribution < -0.4 is 14.8 Å². The lowest BCUT2D eigenvalue weighted by atomic mass is 9.86. The predicted molar refractivity (Wildman–Crippen MR) is 135 cm³/mol. The number of carbonyl (C=O) groups is 3. The third-order valence-electron chi connectivity index (χ3n) is 8.21. The topological polar surface area (TPSA) is 108 Å². The number of nitrogens with one attached hydrogen (secondary N) is 1. The Bertz CT molecular complexity index is 1350. The number of hydrogen-bond donors (Lipinski definition) is 2. The number of hydrogen-bond acceptors (Lipinski definition) is 5. The molecule has 38 heavy (non-hydrogen) atoms. The van der Waals surface area contributed by atoms with E-state index in [0.29, 0.717) is 47.8 Å². The van der Waals surface area contributed by atoms with E-state index in [-0.39, 0.29) is 42.9 Å². The van der Waals surface area contributed by atoms with Gasteiger partial charge >= 0.3 is 12.0 Å². The Morgan fingerprint density at radius 3 is 2.71 bits per heavy atom. The normalized spacial score (nSPS) is 21.0. The average Bonchev–Trinajstić information content (AvgIpc) is 3.44. The summed E-state index contributed by atoms with van der Waals surface area (Å²) in [6.07, 6.45) is 2.05. The molecule has 0 radical (unpaired) electrons. The van der Waals surface area contributed by atoms with Crippen LogP contribution in [0, 0.1) is 11.7 Å². The largest absolute Gasteiger partial charge is 0.481 e. The number of likely N-dealkylation sites (tertiary alicyclic amines) is 1. The number of aliphatic carboxylic acids is 1. The fourth-order valence-electron chi connectivity index (χ4n) is 6.33. The lowest BCUT2D eigenvalue weighted by Crippen LogP contribution is -2.58. The van der Waals surface area contributed by atoms with Gasteiger partial charge in [0.25, 0.3) is 5.91 Å². The van der Waals surface area contributed by atoms with Gasteiger partial charge < -0.3 is 29.7 Å². The van der Waals surface area contributed by atoms with Crippen molar-refractivity contribution in [2.75, 3.05) is 31.7 Å². The van der Waals surface area contributed by atoms with E-state index >= 15 is 4.39 Å². The van der Waals surface area contributed by atoms with Crippen LogP contribution in [-0.4, -0.2) is 59.2 Å². The predicted octanol–water partition coefficient (Wildman–Crippen LogP) is 3.84. The van der Waals surface area contributed by atoms with Gasteiger partial charge in [-0.2, -0.15) is 0 Å². The van der Waals surface area contributed by atoms with Gasteiger partial charge in [0.15, 0.2) is 11.5 Å². The summed E-state index contributed by atoms with van der Waals surface area (Å²) in [4.78, 5) is 41.5. The van der Waals surface area contributed by atoms with Crippen molar-refractivity contribution < 1.29 is 33.4 Å². The van der Waals surface area contributed by atoms with E-state index in [1.165, 1.54) is 11.0 Å². The molecule has 0 aromatic heterocycles. The maximum absolute atomic E-state index is 15.1. The second kappa shape index (κ2) is 8.89. The third kappa shape index (κ3) is 4.02. The number of aryl methyl sites for hydroxylation is 1. The van der Waals surface area contributed by atoms with Crippen LogP contribution in [0.5, 0.6) is 11.5 Å². The van der Waals surface area contributed by atoms with Gasteiger partial charge in [-0.15, -0.1) is 0 Å². The van der Waals surface area contributed by atoms with Crippen LogP contribution in [0.1, 0.15) is 55.0 Å². The van der Waals surface area contributed by atoms with Crippen molar-refractivity contribution in [3.05, 3.63) is 52.3 Å². The number of carbonyl (C=O) groups excluding carboxylic acids is 2. The first-order valence-corrected chi connectivity index (χ1v) is 12.9. The van der Waals surface area contributed by atoms with Crippen molar-refractivity contribution in [2.24, 2.45) is 5.92 Å². The molecule has 3 amide bonds. The number of halogens is 1. The Labute approximate surface area is 219 Å². The number of amides is 3. The molecule has 1 saturated heterocycles. The fourth-order valence-corrected chi connectivity index (χ4v) is 6.33. The molecule has 3 heterocycles. The van der Waals surface area contributed by atoms with Crippen LogP contribution in [0.2, 0.25) is 0 Å². The molecule has 9 nitrogen and oxygen atoms in total. The molecule has 200 valence electrons. The van der Waals surface area contributed by atoms with Gasteiger partial charge in [0.05, 0.1) is 6.42 Å². The minimum absolute atomic E-state index is 0.000697. The Morgan fingerprint density at radius 2 is 1.95 bits per heavy atom. The summed E-state index contributed by atoms with van der Waals surface area (Å²) in [7, 11) is 0. The van der Waals surface area contributed by atoms with E-state index in [2.05, 4.69) is 5.32 Å². The highest BCUT2D eigenvalue weighted by molar-refractivity contribution is 5.98. The molecule has 3 aliphatic heterocycles. The SMILES string of the molecule is CC1(C)CCc2cc(NC(=O)C3c4ccc5c(c4CCN3C(=O)N3CC(CC(=O)O)C3)OCO5)cc(F)c21. The first-order chi connectivity index (χ1) is 18.1. The number of carboxylic acid groups (broad SMARTS) is 1. The number of nitrogens with zero attached hydrogens (tertiary/aromatic N) is 2. The van der Waals surface area contributed by atoms with Crippen molar-refractivity contribution in [3.8, 4) is 11.5 Å². The molecule has 2 N–H and O–H groups in total. The minimum Gasteiger partial charge on any atom is -0.481 e. The molecular formula is C28H30FN3O6. The fraction of sp³-hybridized carbons (Fsp3) is 0.464. The number of anilines is 1. The monoisotopic (exact) mass is 523 g/mol. The highest BCUT2D eigenvalue weighted by atomic mass is 19.1. The highest BCUT2D eigenvalue weighted by Gasteiger charge is 2.43. The van der Waals surface area contributed by atoms with Crippen molar-refractivity contribution in [3.63, 3.8) is 0 Å². The molecule has 1 unspecified atom stereocenters. The summed E-state index contributed by atoms with van der Waals surface area (Å²) < 4.78 is 26.3. The second-order valence-corrected chi connectivity index (χ2v) is 11.2. The molecule has 0 saturated carbocycles. The second-order valence-electron chi connectivity index (χ2n) is 11.2. The van der Waals surface area contributed by atoms with Crippen molar-refractivity contribution in [1.82, 2.24) is 9.80 Å². The lowest BCUT2D eigenvalue weighted by Gasteiger charge is -2.45. The summed E-state index contributed by atoms with van der Waals surface area (Å²) in [5.41, 5.74) is 3.13. The first-order valence-electron chi connectivity index (χ1n) is 12.9. The molecule has 0 spiro atoms. The van der Waals surface area contributed by atoms with E-state index < -0.39 is 17.9 Å². The molecular weight excluding hydrogens is 493 g/mol. The van der Waals surface area contributed by atoms with Gasteiger partial charge in [0, 0.05) is 36.8 Å². The average molecular weight is 524 g/mol. The van der Waals surface area contributed by atoms with E-state index in [1.54, 1.807) is 17.0 Å². The van der Waals surface area contributed by atoms with Crippen LogP contribution in [0.3, 0.4) is 0 Å². The first kappa shape index (κ1) is 24.5. The molecule has 0 bridgehead atoms. The van der Waals surface area contributed by atoms with Gasteiger partial charge in [-0.3, -0.25) is 9.59 Å². The van der Waals surface area contributed by atoms with Crippen LogP contribution in [0.4, 0.5) is 14.9 Å². The zero-order chi connectivity index (χ0) is 26.8. The van der Waals surface area contributed by atoms with Crippen LogP contribution in [0.25, 0.3) is 0 Å². The molecule has 4 aliphatic rings. The summed E-state index contributed by atoms with van der Waals surface area (Å²) in [5, 5.41) is 11.9. The van der Waals surface area contributed by atoms with Crippen LogP contribution in [0.15, 0.2) is 24.3 Å². The van der Waals surface area contributed by atoms with Crippen molar-refractivity contribution in [1.29, 1.82) is 0 Å². The summed E-state index contributed by atoms with van der Waals surface area (Å²) in [6.45, 7) is 5.06. The molecule has 1 aliphatic carbocycles. The van der Waals surface area contributed by atoms with Crippen LogP contribution in [-0.2, 0) is 27.8 Å². The summed E-state index contributed by atoms with van der Waals surface area (Å²) in [6, 6.07) is 5.41. The number of benzene rings is 2. The number of ether oxygens (including phenoxy) is 2. The van der Waals surface area contributed by atoms with Gasteiger partial charge in [0.1, 0.15) is 11.9 Å². The number of urea groups is 1. The zero-order valence-corrected chi connectivity index (χ0v) is 21.4. The highest BCUT2D eigenvalue weighted by Crippen LogP contribution is 2.45.